The second-order valence-corrected chi connectivity index (χ2v) is 5.96. The predicted molar refractivity (Wildman–Crippen MR) is 93.3 cm³/mol. The lowest BCUT2D eigenvalue weighted by molar-refractivity contribution is 0.222. The van der Waals surface area contributed by atoms with Gasteiger partial charge in [0.2, 0.25) is 0 Å². The van der Waals surface area contributed by atoms with Gasteiger partial charge in [-0.3, -0.25) is 9.78 Å². The summed E-state index contributed by atoms with van der Waals surface area (Å²) in [6.07, 6.45) is 1.41. The lowest BCUT2D eigenvalue weighted by Gasteiger charge is -2.16. The van der Waals surface area contributed by atoms with E-state index in [0.29, 0.717) is 21.8 Å². The van der Waals surface area contributed by atoms with E-state index in [1.165, 1.54) is 0 Å². The number of halogens is 1. The van der Waals surface area contributed by atoms with Gasteiger partial charge in [-0.2, -0.15) is 0 Å². The van der Waals surface area contributed by atoms with Crippen LogP contribution in [0.1, 0.15) is 37.4 Å². The molecule has 0 radical (unpaired) electrons. The molecule has 0 spiro atoms. The van der Waals surface area contributed by atoms with Crippen LogP contribution in [0, 0.1) is 0 Å². The number of aromatic nitrogens is 3. The summed E-state index contributed by atoms with van der Waals surface area (Å²) in [5.74, 6) is 0.452. The normalized spacial score (nSPS) is 13.7. The average molecular weight is 345 g/mol. The van der Waals surface area contributed by atoms with E-state index < -0.39 is 6.04 Å². The Morgan fingerprint density at radius 1 is 1.29 bits per heavy atom. The minimum Gasteiger partial charge on any atom is -0.483 e. The van der Waals surface area contributed by atoms with E-state index in [0.717, 1.165) is 5.69 Å². The smallest absolute Gasteiger partial charge is 0.271 e. The van der Waals surface area contributed by atoms with Gasteiger partial charge in [-0.15, -0.1) is 0 Å². The molecule has 7 heteroatoms. The highest BCUT2D eigenvalue weighted by molar-refractivity contribution is 6.32. The summed E-state index contributed by atoms with van der Waals surface area (Å²) >= 11 is 6.30. The number of ether oxygens (including phenoxy) is 1. The monoisotopic (exact) mass is 344 g/mol. The summed E-state index contributed by atoms with van der Waals surface area (Å²) in [6, 6.07) is 8.46. The summed E-state index contributed by atoms with van der Waals surface area (Å²) in [5.41, 5.74) is 7.60. The Bertz CT molecular complexity index is 925. The largest absolute Gasteiger partial charge is 0.483 e. The van der Waals surface area contributed by atoms with E-state index in [1.54, 1.807) is 25.3 Å². The Morgan fingerprint density at radius 3 is 2.75 bits per heavy atom. The van der Waals surface area contributed by atoms with Gasteiger partial charge in [-0.25, -0.2) is 4.98 Å². The van der Waals surface area contributed by atoms with Gasteiger partial charge in [0.15, 0.2) is 0 Å². The van der Waals surface area contributed by atoms with Crippen LogP contribution in [0.5, 0.6) is 5.75 Å². The number of fused-ring (bicyclic) bond motifs is 1. The first kappa shape index (κ1) is 16.4. The van der Waals surface area contributed by atoms with Crippen LogP contribution in [-0.2, 0) is 0 Å². The molecular formula is C17H17ClN4O2. The summed E-state index contributed by atoms with van der Waals surface area (Å²) in [7, 11) is 0. The quantitative estimate of drug-likeness (QED) is 0.758. The number of hydrogen-bond donors (Lipinski definition) is 2. The third kappa shape index (κ3) is 3.25. The molecule has 2 aromatic heterocycles. The highest BCUT2D eigenvalue weighted by Gasteiger charge is 2.14. The summed E-state index contributed by atoms with van der Waals surface area (Å²) in [4.78, 5) is 23.4. The number of hydrogen-bond acceptors (Lipinski definition) is 5. The maximum Gasteiger partial charge on any atom is 0.271 e. The van der Waals surface area contributed by atoms with Gasteiger partial charge in [0, 0.05) is 18.3 Å². The van der Waals surface area contributed by atoms with Crippen molar-refractivity contribution in [3.8, 4) is 5.75 Å². The van der Waals surface area contributed by atoms with Crippen molar-refractivity contribution in [2.75, 3.05) is 0 Å². The topological polar surface area (TPSA) is 93.9 Å². The molecule has 3 N–H and O–H groups in total. The fraction of sp³-hybridized carbons (Fsp3) is 0.235. The number of nitrogens with two attached hydrogens (primary N) is 1. The Morgan fingerprint density at radius 2 is 2.08 bits per heavy atom. The number of benzene rings is 1. The zero-order valence-electron chi connectivity index (χ0n) is 13.3. The number of pyridine rings is 1. The number of nitrogens with zero attached hydrogens (tertiary/aromatic N) is 2. The first-order valence-corrected chi connectivity index (χ1v) is 7.90. The SMILES string of the molecule is C[C@H](N)c1nc2cc(Cl)c(O[C@H](C)c3ccccn3)cc2[nH]c1=O. The highest BCUT2D eigenvalue weighted by Crippen LogP contribution is 2.31. The molecular weight excluding hydrogens is 328 g/mol. The van der Waals surface area contributed by atoms with Crippen molar-refractivity contribution >= 4 is 22.6 Å². The van der Waals surface area contributed by atoms with Crippen molar-refractivity contribution in [1.29, 1.82) is 0 Å². The molecule has 0 unspecified atom stereocenters. The molecule has 0 fully saturated rings. The van der Waals surface area contributed by atoms with Crippen LogP contribution in [0.4, 0.5) is 0 Å². The van der Waals surface area contributed by atoms with Crippen LogP contribution in [0.3, 0.4) is 0 Å². The molecule has 124 valence electrons. The second-order valence-electron chi connectivity index (χ2n) is 5.55. The predicted octanol–water partition coefficient (Wildman–Crippen LogP) is 3.13. The Hall–Kier alpha value is -2.44. The van der Waals surface area contributed by atoms with E-state index in [2.05, 4.69) is 15.0 Å². The maximum absolute atomic E-state index is 12.0. The molecule has 0 saturated heterocycles. The first-order valence-electron chi connectivity index (χ1n) is 7.52. The minimum atomic E-state index is -0.461. The van der Waals surface area contributed by atoms with Crippen molar-refractivity contribution in [2.24, 2.45) is 5.73 Å². The van der Waals surface area contributed by atoms with Crippen LogP contribution in [0.25, 0.3) is 11.0 Å². The minimum absolute atomic E-state index is 0.272. The zero-order chi connectivity index (χ0) is 17.3. The zero-order valence-corrected chi connectivity index (χ0v) is 14.0. The van der Waals surface area contributed by atoms with Gasteiger partial charge >= 0.3 is 0 Å². The Kier molecular flexibility index (Phi) is 4.51. The van der Waals surface area contributed by atoms with Crippen molar-refractivity contribution in [3.63, 3.8) is 0 Å². The van der Waals surface area contributed by atoms with Crippen LogP contribution < -0.4 is 16.0 Å². The fourth-order valence-electron chi connectivity index (χ4n) is 2.37. The van der Waals surface area contributed by atoms with E-state index in [-0.39, 0.29) is 17.4 Å². The molecule has 1 aromatic carbocycles. The molecule has 0 aliphatic heterocycles. The number of H-pyrrole nitrogens is 1. The molecule has 0 aliphatic carbocycles. The van der Waals surface area contributed by atoms with E-state index >= 15 is 0 Å². The van der Waals surface area contributed by atoms with E-state index in [4.69, 9.17) is 22.1 Å². The van der Waals surface area contributed by atoms with E-state index in [9.17, 15) is 4.79 Å². The number of rotatable bonds is 4. The molecule has 0 saturated carbocycles. The molecule has 3 rings (SSSR count). The lowest BCUT2D eigenvalue weighted by atomic mass is 10.2. The molecule has 6 nitrogen and oxygen atoms in total. The number of aromatic amines is 1. The molecule has 0 aliphatic rings. The maximum atomic E-state index is 12.0. The van der Waals surface area contributed by atoms with Crippen molar-refractivity contribution < 1.29 is 4.74 Å². The molecule has 0 bridgehead atoms. The van der Waals surface area contributed by atoms with Crippen LogP contribution >= 0.6 is 11.6 Å². The molecule has 2 atom stereocenters. The second kappa shape index (κ2) is 6.59. The van der Waals surface area contributed by atoms with Crippen molar-refractivity contribution in [1.82, 2.24) is 15.0 Å². The molecule has 2 heterocycles. The van der Waals surface area contributed by atoms with Crippen molar-refractivity contribution in [3.05, 3.63) is 63.3 Å². The molecule has 24 heavy (non-hydrogen) atoms. The third-order valence-corrected chi connectivity index (χ3v) is 3.91. The van der Waals surface area contributed by atoms with Crippen LogP contribution in [-0.4, -0.2) is 15.0 Å². The first-order chi connectivity index (χ1) is 11.5. The van der Waals surface area contributed by atoms with Gasteiger partial charge in [0.05, 0.1) is 21.7 Å². The standard InChI is InChI=1S/C17H17ClN4O2/c1-9(19)16-17(23)22-14-8-15(11(18)7-13(14)21-16)24-10(2)12-5-3-4-6-20-12/h3-10H,19H2,1-2H3,(H,22,23)/t9-,10+/m0/s1. The summed E-state index contributed by atoms with van der Waals surface area (Å²) < 4.78 is 5.89. The average Bonchev–Trinajstić information content (AvgIpc) is 2.56. The Labute approximate surface area is 143 Å². The van der Waals surface area contributed by atoms with Gasteiger partial charge in [0.25, 0.3) is 5.56 Å². The van der Waals surface area contributed by atoms with Gasteiger partial charge in [-0.05, 0) is 32.0 Å². The van der Waals surface area contributed by atoms with Crippen LogP contribution in [0.15, 0.2) is 41.3 Å². The lowest BCUT2D eigenvalue weighted by Crippen LogP contribution is -2.21. The summed E-state index contributed by atoms with van der Waals surface area (Å²) in [6.45, 7) is 3.58. The van der Waals surface area contributed by atoms with Crippen LogP contribution in [0.2, 0.25) is 5.02 Å². The fourth-order valence-corrected chi connectivity index (χ4v) is 2.57. The van der Waals surface area contributed by atoms with Gasteiger partial charge in [-0.1, -0.05) is 17.7 Å². The summed E-state index contributed by atoms with van der Waals surface area (Å²) in [5, 5.41) is 0.403. The van der Waals surface area contributed by atoms with Crippen molar-refractivity contribution in [2.45, 2.75) is 26.0 Å². The third-order valence-electron chi connectivity index (χ3n) is 3.61. The molecule has 3 aromatic rings. The molecule has 0 amide bonds. The number of nitrogens with one attached hydrogen (secondary N) is 1. The van der Waals surface area contributed by atoms with Gasteiger partial charge in [0.1, 0.15) is 17.5 Å². The van der Waals surface area contributed by atoms with E-state index in [1.807, 2.05) is 25.1 Å². The van der Waals surface area contributed by atoms with Gasteiger partial charge < -0.3 is 15.5 Å². The highest BCUT2D eigenvalue weighted by atomic mass is 35.5. The Balaban J connectivity index is 1.99.